The van der Waals surface area contributed by atoms with Gasteiger partial charge in [0.1, 0.15) is 12.1 Å². The molecule has 192 valence electrons. The maximum absolute atomic E-state index is 14.2. The fraction of sp³-hybridized carbons (Fsp3) is 0.296. The van der Waals surface area contributed by atoms with Crippen LogP contribution in [0.1, 0.15) is 47.9 Å². The number of sulfonamides is 1. The van der Waals surface area contributed by atoms with Crippen molar-refractivity contribution in [2.75, 3.05) is 6.54 Å². The van der Waals surface area contributed by atoms with Crippen molar-refractivity contribution in [1.29, 1.82) is 0 Å². The summed E-state index contributed by atoms with van der Waals surface area (Å²) < 4.78 is 28.5. The van der Waals surface area contributed by atoms with Crippen LogP contribution in [0.25, 0.3) is 6.08 Å². The smallest absolute Gasteiger partial charge is 0.260 e. The van der Waals surface area contributed by atoms with Gasteiger partial charge in [0, 0.05) is 21.3 Å². The molecule has 1 N–H and O–H groups in total. The van der Waals surface area contributed by atoms with Crippen molar-refractivity contribution in [3.05, 3.63) is 90.9 Å². The molecule has 4 heterocycles. The zero-order valence-electron chi connectivity index (χ0n) is 20.0. The fourth-order valence-corrected chi connectivity index (χ4v) is 8.78. The van der Waals surface area contributed by atoms with Crippen LogP contribution in [0.5, 0.6) is 0 Å². The van der Waals surface area contributed by atoms with Crippen molar-refractivity contribution < 1.29 is 13.2 Å². The SMILES string of the molecule is O=C([C@@H]1CCCN1S(=O)(=O)c1ccc(Cl)cc1)N1NC2=C(CCC/C2=C\c2cccs2)[C@@H]1c1cccs1. The molecule has 1 fully saturated rings. The Bertz CT molecular complexity index is 1460. The molecule has 1 amide bonds. The molecule has 0 saturated carbocycles. The molecule has 2 aromatic heterocycles. The van der Waals surface area contributed by atoms with Gasteiger partial charge in [-0.2, -0.15) is 4.31 Å². The van der Waals surface area contributed by atoms with Crippen LogP contribution in [0.2, 0.25) is 5.02 Å². The summed E-state index contributed by atoms with van der Waals surface area (Å²) in [5.41, 5.74) is 6.86. The van der Waals surface area contributed by atoms with Gasteiger partial charge in [0.2, 0.25) is 10.0 Å². The lowest BCUT2D eigenvalue weighted by Crippen LogP contribution is -2.51. The van der Waals surface area contributed by atoms with Crippen molar-refractivity contribution >= 4 is 56.3 Å². The number of carbonyl (C=O) groups excluding carboxylic acids is 1. The van der Waals surface area contributed by atoms with Crippen LogP contribution >= 0.6 is 34.3 Å². The molecular formula is C27H26ClN3O3S3. The molecular weight excluding hydrogens is 546 g/mol. The van der Waals surface area contributed by atoms with E-state index in [1.807, 2.05) is 17.5 Å². The summed E-state index contributed by atoms with van der Waals surface area (Å²) in [6.45, 7) is 0.315. The Morgan fingerprint density at radius 1 is 1.03 bits per heavy atom. The Balaban J connectivity index is 1.34. The van der Waals surface area contributed by atoms with Crippen LogP contribution in [0, 0.1) is 0 Å². The largest absolute Gasteiger partial charge is 0.295 e. The predicted molar refractivity (Wildman–Crippen MR) is 149 cm³/mol. The Kier molecular flexibility index (Phi) is 6.75. The third kappa shape index (κ3) is 4.57. The fourth-order valence-electron chi connectivity index (χ4n) is 5.48. The number of halogens is 1. The number of allylic oxidation sites excluding steroid dienone is 1. The number of nitrogens with zero attached hydrogens (tertiary/aromatic N) is 2. The molecule has 37 heavy (non-hydrogen) atoms. The molecule has 0 bridgehead atoms. The number of benzene rings is 1. The van der Waals surface area contributed by atoms with Crippen LogP contribution in [-0.2, 0) is 14.8 Å². The topological polar surface area (TPSA) is 69.7 Å². The van der Waals surface area contributed by atoms with Gasteiger partial charge in [-0.15, -0.1) is 22.7 Å². The molecule has 10 heteroatoms. The first-order valence-corrected chi connectivity index (χ1v) is 15.9. The van der Waals surface area contributed by atoms with Gasteiger partial charge in [-0.05, 0) is 96.5 Å². The lowest BCUT2D eigenvalue weighted by atomic mass is 9.88. The quantitative estimate of drug-likeness (QED) is 0.394. The van der Waals surface area contributed by atoms with E-state index in [2.05, 4.69) is 29.0 Å². The minimum atomic E-state index is -3.84. The summed E-state index contributed by atoms with van der Waals surface area (Å²) >= 11 is 9.30. The monoisotopic (exact) mass is 571 g/mol. The highest BCUT2D eigenvalue weighted by molar-refractivity contribution is 7.89. The maximum atomic E-state index is 14.2. The standard InChI is InChI=1S/C27H26ClN3O3S3/c28-19-10-12-21(13-11-19)37(33,34)30-14-2-8-23(30)27(32)31-26(24-9-4-16-36-24)22-7-1-5-18(25(22)29-31)17-20-6-3-15-35-20/h3-4,6,9-13,15-17,23,26,29H,1-2,5,7-8,14H2/b18-17+/t23-,26+/m0/s1. The third-order valence-electron chi connectivity index (χ3n) is 7.17. The summed E-state index contributed by atoms with van der Waals surface area (Å²) in [7, 11) is -3.84. The molecule has 3 aliphatic rings. The third-order valence-corrected chi connectivity index (χ3v) is 11.1. The average Bonchev–Trinajstić information content (AvgIpc) is 3.70. The molecule has 0 spiro atoms. The van der Waals surface area contributed by atoms with E-state index < -0.39 is 16.1 Å². The van der Waals surface area contributed by atoms with Crippen molar-refractivity contribution in [2.45, 2.75) is 49.1 Å². The molecule has 2 atom stereocenters. The Hall–Kier alpha value is -2.43. The van der Waals surface area contributed by atoms with Gasteiger partial charge >= 0.3 is 0 Å². The van der Waals surface area contributed by atoms with Crippen LogP contribution in [0.4, 0.5) is 0 Å². The zero-order valence-corrected chi connectivity index (χ0v) is 23.2. The molecule has 0 unspecified atom stereocenters. The Labute approximate surface area is 229 Å². The average molecular weight is 572 g/mol. The summed E-state index contributed by atoms with van der Waals surface area (Å²) in [5, 5.41) is 6.25. The second kappa shape index (κ2) is 10.0. The van der Waals surface area contributed by atoms with Crippen molar-refractivity contribution in [1.82, 2.24) is 14.7 Å². The number of amides is 1. The molecule has 3 aromatic rings. The lowest BCUT2D eigenvalue weighted by molar-refractivity contribution is -0.138. The van der Waals surface area contributed by atoms with E-state index in [9.17, 15) is 13.2 Å². The summed E-state index contributed by atoms with van der Waals surface area (Å²) in [6.07, 6.45) is 6.18. The van der Waals surface area contributed by atoms with Gasteiger partial charge in [-0.1, -0.05) is 23.7 Å². The number of hydrazine groups is 1. The van der Waals surface area contributed by atoms with Crippen molar-refractivity contribution in [3.8, 4) is 0 Å². The van der Waals surface area contributed by atoms with Gasteiger partial charge in [0.25, 0.3) is 5.91 Å². The summed E-state index contributed by atoms with van der Waals surface area (Å²) in [4.78, 5) is 16.6. The number of hydrogen-bond donors (Lipinski definition) is 1. The molecule has 1 saturated heterocycles. The second-order valence-electron chi connectivity index (χ2n) is 9.40. The van der Waals surface area contributed by atoms with E-state index >= 15 is 0 Å². The number of carbonyl (C=O) groups is 1. The van der Waals surface area contributed by atoms with Gasteiger partial charge < -0.3 is 0 Å². The number of rotatable bonds is 5. The van der Waals surface area contributed by atoms with Crippen LogP contribution < -0.4 is 5.43 Å². The minimum Gasteiger partial charge on any atom is -0.295 e. The molecule has 6 rings (SSSR count). The maximum Gasteiger partial charge on any atom is 0.260 e. The predicted octanol–water partition coefficient (Wildman–Crippen LogP) is 6.23. The highest BCUT2D eigenvalue weighted by Gasteiger charge is 2.46. The minimum absolute atomic E-state index is 0.152. The van der Waals surface area contributed by atoms with Crippen LogP contribution in [0.3, 0.4) is 0 Å². The summed E-state index contributed by atoms with van der Waals surface area (Å²) in [5.74, 6) is -0.210. The number of thiophene rings is 2. The molecule has 2 aliphatic heterocycles. The second-order valence-corrected chi connectivity index (χ2v) is 13.7. The highest BCUT2D eigenvalue weighted by Crippen LogP contribution is 2.46. The molecule has 1 aromatic carbocycles. The molecule has 1 aliphatic carbocycles. The van der Waals surface area contributed by atoms with Crippen LogP contribution in [-0.4, -0.2) is 36.2 Å². The van der Waals surface area contributed by atoms with Gasteiger partial charge in [-0.25, -0.2) is 13.4 Å². The zero-order chi connectivity index (χ0) is 25.6. The van der Waals surface area contributed by atoms with E-state index in [4.69, 9.17) is 11.6 Å². The normalized spacial score (nSPS) is 23.5. The van der Waals surface area contributed by atoms with E-state index in [1.165, 1.54) is 32.5 Å². The molecule has 6 nitrogen and oxygen atoms in total. The van der Waals surface area contributed by atoms with E-state index in [0.29, 0.717) is 24.4 Å². The van der Waals surface area contributed by atoms with E-state index in [-0.39, 0.29) is 16.8 Å². The summed E-state index contributed by atoms with van der Waals surface area (Å²) in [6, 6.07) is 13.3. The van der Waals surface area contributed by atoms with Gasteiger partial charge in [-0.3, -0.25) is 10.2 Å². The number of nitrogens with one attached hydrogen (secondary N) is 1. The van der Waals surface area contributed by atoms with Gasteiger partial charge in [0.05, 0.1) is 10.6 Å². The van der Waals surface area contributed by atoms with Crippen LogP contribution in [0.15, 0.2) is 81.0 Å². The first-order chi connectivity index (χ1) is 17.9. The number of hydrogen-bond acceptors (Lipinski definition) is 6. The van der Waals surface area contributed by atoms with Crippen molar-refractivity contribution in [3.63, 3.8) is 0 Å². The van der Waals surface area contributed by atoms with E-state index in [0.717, 1.165) is 29.8 Å². The van der Waals surface area contributed by atoms with E-state index in [1.54, 1.807) is 39.8 Å². The van der Waals surface area contributed by atoms with Crippen molar-refractivity contribution in [2.24, 2.45) is 0 Å². The lowest BCUT2D eigenvalue weighted by Gasteiger charge is -2.31. The first kappa shape index (κ1) is 24.9. The molecule has 0 radical (unpaired) electrons. The highest BCUT2D eigenvalue weighted by atomic mass is 35.5. The Morgan fingerprint density at radius 3 is 2.54 bits per heavy atom. The van der Waals surface area contributed by atoms with Gasteiger partial charge in [0.15, 0.2) is 0 Å². The Morgan fingerprint density at radius 2 is 1.81 bits per heavy atom. The first-order valence-electron chi connectivity index (χ1n) is 12.3.